The summed E-state index contributed by atoms with van der Waals surface area (Å²) in [5, 5.41) is 3.06. The quantitative estimate of drug-likeness (QED) is 0.641. The number of rotatable bonds is 3. The number of hydrogen-bond donors (Lipinski definition) is 1. The molecule has 24 heavy (non-hydrogen) atoms. The lowest BCUT2D eigenvalue weighted by Crippen LogP contribution is -2.28. The third-order valence-corrected chi connectivity index (χ3v) is 4.23. The largest absolute Gasteiger partial charge is 0.324 e. The average Bonchev–Trinajstić information content (AvgIpc) is 2.53. The number of aryl methyl sites for hydroxylation is 1. The number of carbonyl (C=O) groups is 1. The van der Waals surface area contributed by atoms with E-state index < -0.39 is 5.82 Å². The molecule has 3 rings (SSSR count). The van der Waals surface area contributed by atoms with Gasteiger partial charge in [0.15, 0.2) is 0 Å². The summed E-state index contributed by atoms with van der Waals surface area (Å²) in [6.07, 6.45) is 1.25. The third-order valence-electron chi connectivity index (χ3n) is 3.56. The first-order chi connectivity index (χ1) is 11.4. The van der Waals surface area contributed by atoms with Crippen LogP contribution in [0.15, 0.2) is 47.5 Å². The number of aromatic nitrogens is 2. The van der Waals surface area contributed by atoms with Gasteiger partial charge in [-0.05, 0) is 65.4 Å². The van der Waals surface area contributed by atoms with Crippen LogP contribution in [0, 0.1) is 16.3 Å². The predicted molar refractivity (Wildman–Crippen MR) is 98.5 cm³/mol. The molecule has 3 aromatic rings. The molecule has 5 nitrogen and oxygen atoms in total. The molecule has 0 saturated heterocycles. The van der Waals surface area contributed by atoms with Crippen LogP contribution in [0.1, 0.15) is 5.56 Å². The minimum absolute atomic E-state index is 0.162. The van der Waals surface area contributed by atoms with Crippen LogP contribution in [0.5, 0.6) is 0 Å². The zero-order valence-corrected chi connectivity index (χ0v) is 14.9. The Morgan fingerprint density at radius 2 is 2.08 bits per heavy atom. The van der Waals surface area contributed by atoms with Crippen molar-refractivity contribution in [2.24, 2.45) is 0 Å². The van der Waals surface area contributed by atoms with Crippen molar-refractivity contribution in [1.29, 1.82) is 0 Å². The Morgan fingerprint density at radius 3 is 2.83 bits per heavy atom. The highest BCUT2D eigenvalue weighted by atomic mass is 127. The van der Waals surface area contributed by atoms with Crippen molar-refractivity contribution in [1.82, 2.24) is 9.55 Å². The number of benzene rings is 2. The number of hydrogen-bond acceptors (Lipinski definition) is 3. The lowest BCUT2D eigenvalue weighted by atomic mass is 10.2. The first-order valence-corrected chi connectivity index (χ1v) is 8.22. The maximum absolute atomic E-state index is 13.2. The van der Waals surface area contributed by atoms with E-state index in [2.05, 4.69) is 32.9 Å². The number of nitrogens with zero attached hydrogens (tertiary/aromatic N) is 2. The Balaban J connectivity index is 1.84. The summed E-state index contributed by atoms with van der Waals surface area (Å²) in [5.74, 6) is -0.788. The van der Waals surface area contributed by atoms with E-state index in [1.54, 1.807) is 0 Å². The first-order valence-electron chi connectivity index (χ1n) is 7.15. The van der Waals surface area contributed by atoms with Crippen LogP contribution in [0.25, 0.3) is 10.9 Å². The summed E-state index contributed by atoms with van der Waals surface area (Å²) in [7, 11) is 0. The number of fused-ring (bicyclic) bond motifs is 1. The Morgan fingerprint density at radius 1 is 1.29 bits per heavy atom. The van der Waals surface area contributed by atoms with Crippen molar-refractivity contribution < 1.29 is 9.18 Å². The summed E-state index contributed by atoms with van der Waals surface area (Å²) >= 11 is 2.20. The van der Waals surface area contributed by atoms with E-state index in [0.717, 1.165) is 9.13 Å². The summed E-state index contributed by atoms with van der Waals surface area (Å²) in [6, 6.07) is 9.42. The van der Waals surface area contributed by atoms with Gasteiger partial charge in [0.2, 0.25) is 5.91 Å². The van der Waals surface area contributed by atoms with Crippen molar-refractivity contribution in [3.63, 3.8) is 0 Å². The van der Waals surface area contributed by atoms with Gasteiger partial charge in [0.1, 0.15) is 12.4 Å². The highest BCUT2D eigenvalue weighted by molar-refractivity contribution is 14.1. The van der Waals surface area contributed by atoms with Gasteiger partial charge in [-0.3, -0.25) is 14.2 Å². The summed E-state index contributed by atoms with van der Waals surface area (Å²) < 4.78 is 15.5. The Bertz CT molecular complexity index is 1000. The summed E-state index contributed by atoms with van der Waals surface area (Å²) in [6.45, 7) is 1.74. The molecule has 7 heteroatoms. The molecule has 0 aliphatic heterocycles. The van der Waals surface area contributed by atoms with E-state index >= 15 is 0 Å². The molecule has 0 bridgehead atoms. The molecule has 1 amide bonds. The summed E-state index contributed by atoms with van der Waals surface area (Å²) in [5.41, 5.74) is 1.53. The minimum Gasteiger partial charge on any atom is -0.324 e. The van der Waals surface area contributed by atoms with Gasteiger partial charge >= 0.3 is 0 Å². The monoisotopic (exact) mass is 437 g/mol. The van der Waals surface area contributed by atoms with Crippen molar-refractivity contribution in [3.05, 3.63) is 68.0 Å². The number of carbonyl (C=O) groups excluding carboxylic acids is 1. The Kier molecular flexibility index (Phi) is 4.61. The Hall–Kier alpha value is -2.29. The molecule has 0 spiro atoms. The maximum Gasteiger partial charge on any atom is 0.261 e. The van der Waals surface area contributed by atoms with Crippen molar-refractivity contribution in [2.75, 3.05) is 5.32 Å². The number of halogens is 2. The van der Waals surface area contributed by atoms with E-state index in [1.807, 2.05) is 25.1 Å². The number of amides is 1. The minimum atomic E-state index is -0.459. The normalized spacial score (nSPS) is 10.8. The molecule has 0 aliphatic rings. The highest BCUT2D eigenvalue weighted by Gasteiger charge is 2.10. The maximum atomic E-state index is 13.2. The van der Waals surface area contributed by atoms with Gasteiger partial charge in [0.05, 0.1) is 17.2 Å². The summed E-state index contributed by atoms with van der Waals surface area (Å²) in [4.78, 5) is 28.6. The molecule has 0 unspecified atom stereocenters. The molecule has 0 aliphatic carbocycles. The van der Waals surface area contributed by atoms with Crippen molar-refractivity contribution in [3.8, 4) is 0 Å². The fraction of sp³-hybridized carbons (Fsp3) is 0.118. The van der Waals surface area contributed by atoms with Crippen LogP contribution in [-0.4, -0.2) is 15.5 Å². The van der Waals surface area contributed by atoms with Crippen LogP contribution >= 0.6 is 22.6 Å². The smallest absolute Gasteiger partial charge is 0.261 e. The van der Waals surface area contributed by atoms with Crippen LogP contribution < -0.4 is 10.9 Å². The van der Waals surface area contributed by atoms with Gasteiger partial charge in [-0.1, -0.05) is 0 Å². The van der Waals surface area contributed by atoms with Crippen molar-refractivity contribution >= 4 is 45.1 Å². The van der Waals surface area contributed by atoms with Gasteiger partial charge in [0.25, 0.3) is 5.56 Å². The molecule has 0 saturated carbocycles. The van der Waals surface area contributed by atoms with E-state index in [1.165, 1.54) is 29.1 Å². The topological polar surface area (TPSA) is 64.0 Å². The van der Waals surface area contributed by atoms with Gasteiger partial charge in [-0.25, -0.2) is 9.37 Å². The van der Waals surface area contributed by atoms with Crippen LogP contribution in [0.3, 0.4) is 0 Å². The standard InChI is InChI=1S/C17H13FIN3O2/c1-10-6-12(19)3-5-14(10)21-16(23)8-22-9-20-15-7-11(18)2-4-13(15)17(22)24/h2-7,9H,8H2,1H3,(H,21,23). The third kappa shape index (κ3) is 3.45. The second kappa shape index (κ2) is 6.68. The second-order valence-corrected chi connectivity index (χ2v) is 6.59. The lowest BCUT2D eigenvalue weighted by Gasteiger charge is -2.10. The van der Waals surface area contributed by atoms with Gasteiger partial charge in [0, 0.05) is 15.3 Å². The molecule has 0 atom stereocenters. The van der Waals surface area contributed by atoms with Crippen LogP contribution in [0.4, 0.5) is 10.1 Å². The van der Waals surface area contributed by atoms with E-state index in [9.17, 15) is 14.0 Å². The number of nitrogens with one attached hydrogen (secondary N) is 1. The van der Waals surface area contributed by atoms with Gasteiger partial charge in [-0.15, -0.1) is 0 Å². The molecule has 1 N–H and O–H groups in total. The molecule has 122 valence electrons. The molecular weight excluding hydrogens is 424 g/mol. The lowest BCUT2D eigenvalue weighted by molar-refractivity contribution is -0.116. The average molecular weight is 437 g/mol. The molecule has 0 fully saturated rings. The zero-order valence-electron chi connectivity index (χ0n) is 12.7. The molecular formula is C17H13FIN3O2. The van der Waals surface area contributed by atoms with E-state index in [4.69, 9.17) is 0 Å². The van der Waals surface area contributed by atoms with E-state index in [-0.39, 0.29) is 28.9 Å². The molecule has 2 aromatic carbocycles. The fourth-order valence-electron chi connectivity index (χ4n) is 2.36. The zero-order chi connectivity index (χ0) is 17.3. The SMILES string of the molecule is Cc1cc(I)ccc1NC(=O)Cn1cnc2cc(F)ccc2c1=O. The Labute approximate surface area is 150 Å². The molecule has 1 heterocycles. The van der Waals surface area contributed by atoms with Crippen LogP contribution in [0.2, 0.25) is 0 Å². The van der Waals surface area contributed by atoms with Gasteiger partial charge < -0.3 is 5.32 Å². The fourth-order valence-corrected chi connectivity index (χ4v) is 3.00. The first kappa shape index (κ1) is 16.6. The predicted octanol–water partition coefficient (Wildman–Crippen LogP) is 3.09. The molecule has 1 aromatic heterocycles. The highest BCUT2D eigenvalue weighted by Crippen LogP contribution is 2.17. The number of anilines is 1. The van der Waals surface area contributed by atoms with E-state index in [0.29, 0.717) is 5.69 Å². The van der Waals surface area contributed by atoms with Crippen molar-refractivity contribution in [2.45, 2.75) is 13.5 Å². The molecule has 0 radical (unpaired) electrons. The van der Waals surface area contributed by atoms with Crippen LogP contribution in [-0.2, 0) is 11.3 Å². The second-order valence-electron chi connectivity index (χ2n) is 5.35. The van der Waals surface area contributed by atoms with Gasteiger partial charge in [-0.2, -0.15) is 0 Å².